The summed E-state index contributed by atoms with van der Waals surface area (Å²) in [4.78, 5) is 10.7. The highest BCUT2D eigenvalue weighted by Crippen LogP contribution is 2.14. The Labute approximate surface area is 254 Å². The second-order valence-electron chi connectivity index (χ2n) is 9.56. The van der Waals surface area contributed by atoms with Crippen LogP contribution in [0.15, 0.2) is 97.5 Å². The number of ether oxygens (including phenoxy) is 3. The van der Waals surface area contributed by atoms with Crippen LogP contribution in [0.3, 0.4) is 0 Å². The molecule has 0 aliphatic carbocycles. The molecule has 0 saturated carbocycles. The summed E-state index contributed by atoms with van der Waals surface area (Å²) >= 11 is 0. The summed E-state index contributed by atoms with van der Waals surface area (Å²) in [5.41, 5.74) is 21.8. The third kappa shape index (κ3) is 14.8. The molecule has 10 nitrogen and oxygen atoms in total. The molecule has 3 unspecified atom stereocenters. The van der Waals surface area contributed by atoms with Crippen LogP contribution in [0, 0.1) is 0 Å². The van der Waals surface area contributed by atoms with Gasteiger partial charge in [0.1, 0.15) is 23.7 Å². The van der Waals surface area contributed by atoms with Gasteiger partial charge in [-0.3, -0.25) is 0 Å². The fraction of sp³-hybridized carbons (Fsp3) is 0.303. The highest BCUT2D eigenvalue weighted by Gasteiger charge is 2.16. The summed E-state index contributed by atoms with van der Waals surface area (Å²) in [7, 11) is 2.93. The lowest BCUT2D eigenvalue weighted by atomic mass is 10.1. The smallest absolute Gasteiger partial charge is 0.333 e. The first-order chi connectivity index (χ1) is 20.4. The number of hydrogen-bond acceptors (Lipinski definition) is 9. The van der Waals surface area contributed by atoms with Crippen molar-refractivity contribution in [2.75, 3.05) is 38.0 Å². The van der Waals surface area contributed by atoms with E-state index in [9.17, 15) is 15.0 Å². The van der Waals surface area contributed by atoms with Crippen molar-refractivity contribution in [1.29, 1.82) is 0 Å². The van der Waals surface area contributed by atoms with Crippen molar-refractivity contribution >= 4 is 23.0 Å². The molecule has 0 radical (unpaired) electrons. The van der Waals surface area contributed by atoms with E-state index in [1.807, 2.05) is 61.5 Å². The van der Waals surface area contributed by atoms with Gasteiger partial charge in [0.2, 0.25) is 0 Å². The van der Waals surface area contributed by atoms with Gasteiger partial charge in [0.15, 0.2) is 6.10 Å². The van der Waals surface area contributed by atoms with Gasteiger partial charge < -0.3 is 46.7 Å². The fourth-order valence-electron chi connectivity index (χ4n) is 3.82. The molecule has 3 atom stereocenters. The minimum atomic E-state index is -0.963. The van der Waals surface area contributed by atoms with Crippen molar-refractivity contribution in [3.05, 3.63) is 114 Å². The first-order valence-electron chi connectivity index (χ1n) is 13.6. The molecule has 43 heavy (non-hydrogen) atoms. The Morgan fingerprint density at radius 1 is 0.674 bits per heavy atom. The molecule has 3 rings (SSSR count). The zero-order valence-corrected chi connectivity index (χ0v) is 25.1. The molecule has 0 aliphatic rings. The zero-order chi connectivity index (χ0) is 32.4. The highest BCUT2D eigenvalue weighted by molar-refractivity contribution is 5.72. The summed E-state index contributed by atoms with van der Waals surface area (Å²) in [6.07, 6.45) is 0.0178. The number of nitrogen functional groups attached to an aromatic ring is 3. The molecule has 0 bridgehead atoms. The molecule has 9 N–H and O–H groups in total. The average Bonchev–Trinajstić information content (AvgIpc) is 2.96. The Morgan fingerprint density at radius 3 is 1.49 bits per heavy atom. The molecule has 3 aromatic rings. The molecule has 0 aliphatic heterocycles. The SMILES string of the molecule is C=C(O)C(Cc1ccc(N)cc1)OC.C=C(O)C(Cc1cccc(N)c1)OCC.COC(Cc1cccc(N)c1)C(=O)O. The van der Waals surface area contributed by atoms with Gasteiger partial charge in [0.05, 0.1) is 0 Å². The Hall–Kier alpha value is -4.51. The Bertz CT molecular complexity index is 1280. The minimum Gasteiger partial charge on any atom is -0.510 e. The second kappa shape index (κ2) is 19.6. The number of aliphatic hydroxyl groups excluding tert-OH is 2. The van der Waals surface area contributed by atoms with E-state index < -0.39 is 12.1 Å². The lowest BCUT2D eigenvalue weighted by Crippen LogP contribution is -2.24. The summed E-state index contributed by atoms with van der Waals surface area (Å²) in [6, 6.07) is 22.1. The van der Waals surface area contributed by atoms with Crippen LogP contribution in [-0.2, 0) is 38.3 Å². The van der Waals surface area contributed by atoms with Crippen LogP contribution in [0.2, 0.25) is 0 Å². The number of carboxylic acid groups (broad SMARTS) is 1. The topological polar surface area (TPSA) is 184 Å². The quantitative estimate of drug-likeness (QED) is 0.115. The van der Waals surface area contributed by atoms with Crippen molar-refractivity contribution in [3.63, 3.8) is 0 Å². The van der Waals surface area contributed by atoms with E-state index in [4.69, 9.17) is 36.5 Å². The number of methoxy groups -OCH3 is 2. The lowest BCUT2D eigenvalue weighted by molar-refractivity contribution is -0.148. The number of aliphatic carboxylic acids is 1. The van der Waals surface area contributed by atoms with Crippen LogP contribution >= 0.6 is 0 Å². The Morgan fingerprint density at radius 2 is 1.12 bits per heavy atom. The monoisotopic (exact) mass is 595 g/mol. The van der Waals surface area contributed by atoms with E-state index in [1.54, 1.807) is 25.3 Å². The number of rotatable bonds is 13. The molecule has 0 heterocycles. The molecule has 3 aromatic carbocycles. The van der Waals surface area contributed by atoms with Crippen molar-refractivity contribution in [2.45, 2.75) is 44.5 Å². The van der Waals surface area contributed by atoms with Gasteiger partial charge in [0.25, 0.3) is 0 Å². The normalized spacial score (nSPS) is 12.3. The Kier molecular flexibility index (Phi) is 16.6. The number of nitrogens with two attached hydrogens (primary N) is 3. The number of hydrogen-bond donors (Lipinski definition) is 6. The van der Waals surface area contributed by atoms with Gasteiger partial charge >= 0.3 is 5.97 Å². The highest BCUT2D eigenvalue weighted by atomic mass is 16.5. The maximum atomic E-state index is 10.7. The van der Waals surface area contributed by atoms with Crippen LogP contribution in [-0.4, -0.2) is 60.4 Å². The number of aliphatic hydroxyl groups is 2. The van der Waals surface area contributed by atoms with Crippen LogP contribution < -0.4 is 17.2 Å². The van der Waals surface area contributed by atoms with E-state index in [2.05, 4.69) is 13.2 Å². The van der Waals surface area contributed by atoms with Gasteiger partial charge in [-0.1, -0.05) is 49.6 Å². The molecule has 0 saturated heterocycles. The summed E-state index contributed by atoms with van der Waals surface area (Å²) in [5, 5.41) is 27.3. The van der Waals surface area contributed by atoms with E-state index in [1.165, 1.54) is 7.11 Å². The predicted molar refractivity (Wildman–Crippen MR) is 172 cm³/mol. The lowest BCUT2D eigenvalue weighted by Gasteiger charge is -2.15. The van der Waals surface area contributed by atoms with Gasteiger partial charge in [-0.15, -0.1) is 0 Å². The van der Waals surface area contributed by atoms with Gasteiger partial charge in [-0.25, -0.2) is 4.79 Å². The first kappa shape index (κ1) is 36.5. The number of carbonyl (C=O) groups is 1. The summed E-state index contributed by atoms with van der Waals surface area (Å²) in [6.45, 7) is 9.37. The zero-order valence-electron chi connectivity index (χ0n) is 25.1. The number of anilines is 3. The van der Waals surface area contributed by atoms with Crippen LogP contribution in [0.25, 0.3) is 0 Å². The van der Waals surface area contributed by atoms with E-state index >= 15 is 0 Å². The maximum Gasteiger partial charge on any atom is 0.333 e. The molecular weight excluding hydrogens is 550 g/mol. The largest absolute Gasteiger partial charge is 0.510 e. The van der Waals surface area contributed by atoms with Crippen LogP contribution in [0.1, 0.15) is 23.6 Å². The molecule has 0 aromatic heterocycles. The van der Waals surface area contributed by atoms with E-state index in [0.717, 1.165) is 22.4 Å². The molecule has 0 fully saturated rings. The van der Waals surface area contributed by atoms with Gasteiger partial charge in [-0.05, 0) is 60.0 Å². The Balaban J connectivity index is 0.000000323. The minimum absolute atomic E-state index is 0.0457. The average molecular weight is 596 g/mol. The summed E-state index contributed by atoms with van der Waals surface area (Å²) in [5.74, 6) is -0.862. The van der Waals surface area contributed by atoms with E-state index in [-0.39, 0.29) is 23.7 Å². The van der Waals surface area contributed by atoms with Crippen molar-refractivity contribution in [3.8, 4) is 0 Å². The molecule has 0 spiro atoms. The number of carboxylic acids is 1. The van der Waals surface area contributed by atoms with Crippen LogP contribution in [0.4, 0.5) is 17.1 Å². The van der Waals surface area contributed by atoms with Gasteiger partial charge in [-0.2, -0.15) is 0 Å². The van der Waals surface area contributed by atoms with Crippen molar-refractivity contribution in [2.24, 2.45) is 0 Å². The van der Waals surface area contributed by atoms with Crippen LogP contribution in [0.5, 0.6) is 0 Å². The molecule has 0 amide bonds. The summed E-state index contributed by atoms with van der Waals surface area (Å²) < 4.78 is 15.2. The second-order valence-corrected chi connectivity index (χ2v) is 9.56. The third-order valence-electron chi connectivity index (χ3n) is 6.10. The standard InChI is InChI=1S/C12H17NO2.C11H15NO2.C10H13NO3/c1-3-15-12(9(2)14)8-10-5-4-6-11(13)7-10;1-8(13)11(14-2)7-9-3-5-10(12)6-4-9;1-14-9(10(12)13)6-7-3-2-4-8(11)5-7/h4-7,12,14H,2-3,8,13H2,1H3;3-6,11,13H,1,7,12H2,2H3;2-5,9H,6,11H2,1H3,(H,12,13). The maximum absolute atomic E-state index is 10.7. The number of benzene rings is 3. The molecule has 234 valence electrons. The van der Waals surface area contributed by atoms with Crippen molar-refractivity contribution < 1.29 is 34.3 Å². The fourth-order valence-corrected chi connectivity index (χ4v) is 3.82. The predicted octanol–water partition coefficient (Wildman–Crippen LogP) is 5.10. The molecule has 10 heteroatoms. The molecular formula is C33H45N3O7. The van der Waals surface area contributed by atoms with Gasteiger partial charge in [0, 0.05) is 57.2 Å². The van der Waals surface area contributed by atoms with Crippen molar-refractivity contribution in [1.82, 2.24) is 0 Å². The van der Waals surface area contributed by atoms with E-state index in [0.29, 0.717) is 37.2 Å². The first-order valence-corrected chi connectivity index (χ1v) is 13.6. The third-order valence-corrected chi connectivity index (χ3v) is 6.10.